The van der Waals surface area contributed by atoms with Gasteiger partial charge in [0.05, 0.1) is 5.69 Å². The average Bonchev–Trinajstić information content (AvgIpc) is 2.90. The molecule has 3 nitrogen and oxygen atoms in total. The van der Waals surface area contributed by atoms with Crippen LogP contribution in [0.15, 0.2) is 23.6 Å². The van der Waals surface area contributed by atoms with Crippen LogP contribution in [-0.4, -0.2) is 16.9 Å². The fourth-order valence-electron chi connectivity index (χ4n) is 2.70. The molecule has 19 heavy (non-hydrogen) atoms. The summed E-state index contributed by atoms with van der Waals surface area (Å²) in [5.74, 6) is 0.106. The summed E-state index contributed by atoms with van der Waals surface area (Å²) in [7, 11) is 0. The second-order valence-corrected chi connectivity index (χ2v) is 6.39. The Bertz CT molecular complexity index is 701. The van der Waals surface area contributed by atoms with Crippen molar-refractivity contribution in [1.82, 2.24) is 4.98 Å². The molecule has 1 unspecified atom stereocenters. The number of hydrogen-bond acceptors (Lipinski definition) is 3. The van der Waals surface area contributed by atoms with Gasteiger partial charge in [-0.25, -0.2) is 0 Å². The number of anilines is 1. The zero-order valence-corrected chi connectivity index (χ0v) is 12.4. The van der Waals surface area contributed by atoms with Gasteiger partial charge < -0.3 is 9.88 Å². The lowest BCUT2D eigenvalue weighted by molar-refractivity contribution is -0.116. The van der Waals surface area contributed by atoms with Crippen molar-refractivity contribution >= 4 is 35.1 Å². The van der Waals surface area contributed by atoms with Crippen LogP contribution < -0.4 is 4.90 Å². The minimum Gasteiger partial charge on any atom is -0.337 e. The van der Waals surface area contributed by atoms with Crippen molar-refractivity contribution in [3.63, 3.8) is 0 Å². The fourth-order valence-corrected chi connectivity index (χ4v) is 3.54. The summed E-state index contributed by atoms with van der Waals surface area (Å²) in [5, 5.41) is 2.03. The third kappa shape index (κ3) is 2.13. The third-order valence-electron chi connectivity index (χ3n) is 3.47. The minimum atomic E-state index is 0.106. The van der Waals surface area contributed by atoms with Crippen LogP contribution in [0.2, 0.25) is 0 Å². The molecular formula is C14H14N2OS2. The molecule has 1 N–H and O–H groups in total. The maximum atomic E-state index is 11.7. The molecular weight excluding hydrogens is 276 g/mol. The fraction of sp³-hybridized carbons (Fsp3) is 0.286. The predicted molar refractivity (Wildman–Crippen MR) is 81.3 cm³/mol. The number of nitrogens with one attached hydrogen (secondary N) is 1. The monoisotopic (exact) mass is 290 g/mol. The maximum Gasteiger partial charge on any atom is 0.224 e. The van der Waals surface area contributed by atoms with Crippen molar-refractivity contribution in [3.05, 3.63) is 33.1 Å². The van der Waals surface area contributed by atoms with E-state index in [4.69, 9.17) is 12.2 Å². The second-order valence-electron chi connectivity index (χ2n) is 4.85. The predicted octanol–water partition coefficient (Wildman–Crippen LogP) is 3.77. The molecule has 1 aromatic carbocycles. The van der Waals surface area contributed by atoms with E-state index in [9.17, 15) is 4.79 Å². The van der Waals surface area contributed by atoms with E-state index in [0.717, 1.165) is 27.3 Å². The molecule has 0 saturated heterocycles. The number of fused-ring (bicyclic) bond motifs is 1. The van der Waals surface area contributed by atoms with E-state index in [-0.39, 0.29) is 11.9 Å². The summed E-state index contributed by atoms with van der Waals surface area (Å²) >= 11 is 6.65. The molecule has 1 atom stereocenters. The lowest BCUT2D eigenvalue weighted by Crippen LogP contribution is -2.33. The molecule has 0 spiro atoms. The van der Waals surface area contributed by atoms with Gasteiger partial charge in [0.15, 0.2) is 3.95 Å². The molecule has 5 heteroatoms. The van der Waals surface area contributed by atoms with E-state index in [1.165, 1.54) is 16.9 Å². The Morgan fingerprint density at radius 1 is 1.53 bits per heavy atom. The van der Waals surface area contributed by atoms with Crippen LogP contribution in [0.25, 0.3) is 11.3 Å². The van der Waals surface area contributed by atoms with Gasteiger partial charge in [0.1, 0.15) is 0 Å². The minimum absolute atomic E-state index is 0.106. The molecule has 3 rings (SSSR count). The molecule has 2 aromatic rings. The summed E-state index contributed by atoms with van der Waals surface area (Å²) in [6, 6.07) is 6.47. The molecule has 1 aliphatic heterocycles. The van der Waals surface area contributed by atoms with Crippen molar-refractivity contribution in [1.29, 1.82) is 0 Å². The number of carbonyl (C=O) groups is 1. The molecule has 1 aliphatic rings. The third-order valence-corrected chi connectivity index (χ3v) is 4.53. The van der Waals surface area contributed by atoms with E-state index < -0.39 is 0 Å². The first-order valence-corrected chi connectivity index (χ1v) is 7.46. The van der Waals surface area contributed by atoms with Gasteiger partial charge in [-0.1, -0.05) is 6.07 Å². The summed E-state index contributed by atoms with van der Waals surface area (Å²) < 4.78 is 0.786. The highest BCUT2D eigenvalue weighted by Gasteiger charge is 2.28. The lowest BCUT2D eigenvalue weighted by atomic mass is 10.1. The van der Waals surface area contributed by atoms with Crippen molar-refractivity contribution in [2.75, 3.05) is 4.90 Å². The van der Waals surface area contributed by atoms with Crippen LogP contribution in [0.4, 0.5) is 5.69 Å². The number of aromatic amines is 1. The van der Waals surface area contributed by atoms with Crippen LogP contribution in [0.5, 0.6) is 0 Å². The number of rotatable bonds is 1. The Morgan fingerprint density at radius 3 is 2.95 bits per heavy atom. The van der Waals surface area contributed by atoms with Crippen LogP contribution in [0.3, 0.4) is 0 Å². The molecule has 2 heterocycles. The smallest absolute Gasteiger partial charge is 0.224 e. The van der Waals surface area contributed by atoms with Gasteiger partial charge in [0.2, 0.25) is 5.91 Å². The van der Waals surface area contributed by atoms with Crippen molar-refractivity contribution in [2.45, 2.75) is 26.3 Å². The van der Waals surface area contributed by atoms with Gasteiger partial charge in [-0.15, -0.1) is 11.3 Å². The summed E-state index contributed by atoms with van der Waals surface area (Å²) in [6.45, 7) is 3.70. The number of benzene rings is 1. The molecule has 0 bridgehead atoms. The van der Waals surface area contributed by atoms with E-state index in [0.29, 0.717) is 0 Å². The Balaban J connectivity index is 2.05. The summed E-state index contributed by atoms with van der Waals surface area (Å²) in [5.41, 5.74) is 4.44. The Morgan fingerprint density at radius 2 is 2.32 bits per heavy atom. The van der Waals surface area contributed by atoms with E-state index in [1.807, 2.05) is 22.4 Å². The molecule has 0 fully saturated rings. The normalized spacial score (nSPS) is 17.6. The number of carbonyl (C=O) groups excluding carboxylic acids is 1. The average molecular weight is 290 g/mol. The molecule has 98 valence electrons. The van der Waals surface area contributed by atoms with Gasteiger partial charge in [0, 0.05) is 24.0 Å². The first-order chi connectivity index (χ1) is 9.06. The standard InChI is InChI=1S/C14H14N2OS2/c1-8-5-11-6-10(12-7-19-14(18)15-12)3-4-13(11)16(8)9(2)17/h3-4,6-8H,5H2,1-2H3,(H,15,18). The topological polar surface area (TPSA) is 36.1 Å². The van der Waals surface area contributed by atoms with Gasteiger partial charge >= 0.3 is 0 Å². The van der Waals surface area contributed by atoms with Crippen LogP contribution in [0, 0.1) is 3.95 Å². The van der Waals surface area contributed by atoms with Gasteiger partial charge in [-0.2, -0.15) is 0 Å². The lowest BCUT2D eigenvalue weighted by Gasteiger charge is -2.20. The highest BCUT2D eigenvalue weighted by Crippen LogP contribution is 2.35. The van der Waals surface area contributed by atoms with Gasteiger partial charge in [0.25, 0.3) is 0 Å². The summed E-state index contributed by atoms with van der Waals surface area (Å²) in [4.78, 5) is 16.7. The number of thiazole rings is 1. The Labute approximate surface area is 120 Å². The van der Waals surface area contributed by atoms with Crippen molar-refractivity contribution in [3.8, 4) is 11.3 Å². The van der Waals surface area contributed by atoms with Crippen molar-refractivity contribution in [2.24, 2.45) is 0 Å². The largest absolute Gasteiger partial charge is 0.337 e. The highest BCUT2D eigenvalue weighted by molar-refractivity contribution is 7.73. The Hall–Kier alpha value is -1.46. The number of hydrogen-bond donors (Lipinski definition) is 1. The molecule has 0 aliphatic carbocycles. The maximum absolute atomic E-state index is 11.7. The van der Waals surface area contributed by atoms with Crippen LogP contribution >= 0.6 is 23.6 Å². The number of amides is 1. The van der Waals surface area contributed by atoms with E-state index in [2.05, 4.69) is 18.0 Å². The first kappa shape index (κ1) is 12.6. The molecule has 0 radical (unpaired) electrons. The van der Waals surface area contributed by atoms with E-state index >= 15 is 0 Å². The van der Waals surface area contributed by atoms with Crippen molar-refractivity contribution < 1.29 is 4.79 Å². The van der Waals surface area contributed by atoms with E-state index in [1.54, 1.807) is 6.92 Å². The molecule has 1 amide bonds. The molecule has 0 saturated carbocycles. The van der Waals surface area contributed by atoms with Gasteiger partial charge in [-0.3, -0.25) is 4.79 Å². The Kier molecular flexibility index (Phi) is 3.03. The molecule has 1 aromatic heterocycles. The zero-order chi connectivity index (χ0) is 13.6. The zero-order valence-electron chi connectivity index (χ0n) is 10.8. The summed E-state index contributed by atoms with van der Waals surface area (Å²) in [6.07, 6.45) is 0.910. The number of nitrogens with zero attached hydrogens (tertiary/aromatic N) is 1. The van der Waals surface area contributed by atoms with Crippen LogP contribution in [0.1, 0.15) is 19.4 Å². The first-order valence-electron chi connectivity index (χ1n) is 6.17. The quantitative estimate of drug-likeness (QED) is 0.812. The number of H-pyrrole nitrogens is 1. The van der Waals surface area contributed by atoms with Gasteiger partial charge in [-0.05, 0) is 48.8 Å². The SMILES string of the molecule is CC(=O)N1c2ccc(-c3csc(=S)[nH]3)cc2CC1C. The highest BCUT2D eigenvalue weighted by atomic mass is 32.1. The second kappa shape index (κ2) is 4.58. The van der Waals surface area contributed by atoms with Crippen LogP contribution in [-0.2, 0) is 11.2 Å². The number of aromatic nitrogens is 1.